The lowest BCUT2D eigenvalue weighted by molar-refractivity contribution is -0.123. The lowest BCUT2D eigenvalue weighted by Crippen LogP contribution is -2.24. The Kier molecular flexibility index (Phi) is 8.59. The van der Waals surface area contributed by atoms with Gasteiger partial charge < -0.3 is 14.2 Å². The highest BCUT2D eigenvalue weighted by atomic mass is 16.5. The topological polar surface area (TPSA) is 86.2 Å². The van der Waals surface area contributed by atoms with E-state index in [1.54, 1.807) is 48.5 Å². The Bertz CT molecular complexity index is 1080. The summed E-state index contributed by atoms with van der Waals surface area (Å²) in [6.07, 6.45) is 2.44. The van der Waals surface area contributed by atoms with E-state index in [-0.39, 0.29) is 12.5 Å². The van der Waals surface area contributed by atoms with Gasteiger partial charge in [-0.25, -0.2) is 10.2 Å². The second-order valence-corrected chi connectivity index (χ2v) is 7.00. The highest BCUT2D eigenvalue weighted by Gasteiger charge is 2.09. The van der Waals surface area contributed by atoms with Gasteiger partial charge in [0.1, 0.15) is 17.2 Å². The molecule has 0 aliphatic rings. The molecule has 170 valence electrons. The third kappa shape index (κ3) is 7.50. The van der Waals surface area contributed by atoms with E-state index in [0.717, 1.165) is 12.0 Å². The first kappa shape index (κ1) is 23.5. The van der Waals surface area contributed by atoms with Gasteiger partial charge in [0.05, 0.1) is 18.4 Å². The zero-order valence-electron chi connectivity index (χ0n) is 18.6. The third-order valence-corrected chi connectivity index (χ3v) is 4.60. The molecule has 3 aromatic carbocycles. The zero-order chi connectivity index (χ0) is 23.5. The summed E-state index contributed by atoms with van der Waals surface area (Å²) < 4.78 is 16.2. The Labute approximate surface area is 193 Å². The predicted octanol–water partition coefficient (Wildman–Crippen LogP) is 4.40. The van der Waals surface area contributed by atoms with E-state index in [4.69, 9.17) is 14.2 Å². The van der Waals surface area contributed by atoms with Gasteiger partial charge in [-0.05, 0) is 85.1 Å². The fraction of sp³-hybridized carbons (Fsp3) is 0.192. The van der Waals surface area contributed by atoms with Crippen LogP contribution in [0.1, 0.15) is 35.3 Å². The molecule has 0 aliphatic heterocycles. The number of nitrogens with zero attached hydrogens (tertiary/aromatic N) is 1. The molecule has 0 radical (unpaired) electrons. The maximum atomic E-state index is 12.3. The van der Waals surface area contributed by atoms with E-state index in [2.05, 4.69) is 17.5 Å². The van der Waals surface area contributed by atoms with Gasteiger partial charge in [-0.2, -0.15) is 5.10 Å². The molecule has 1 amide bonds. The van der Waals surface area contributed by atoms with Crippen LogP contribution in [0.25, 0.3) is 0 Å². The van der Waals surface area contributed by atoms with Crippen LogP contribution >= 0.6 is 0 Å². The summed E-state index contributed by atoms with van der Waals surface area (Å²) in [5.74, 6) is 0.893. The van der Waals surface area contributed by atoms with Gasteiger partial charge in [-0.1, -0.05) is 19.1 Å². The molecule has 0 spiro atoms. The molecule has 1 N–H and O–H groups in total. The molecule has 3 aromatic rings. The number of hydrogen-bond donors (Lipinski definition) is 1. The van der Waals surface area contributed by atoms with Crippen LogP contribution in [0, 0.1) is 0 Å². The van der Waals surface area contributed by atoms with Crippen LogP contribution in [-0.4, -0.2) is 31.3 Å². The number of hydrazone groups is 1. The van der Waals surface area contributed by atoms with Gasteiger partial charge in [-0.3, -0.25) is 4.79 Å². The van der Waals surface area contributed by atoms with Crippen LogP contribution < -0.4 is 19.6 Å². The Morgan fingerprint density at radius 2 is 1.42 bits per heavy atom. The van der Waals surface area contributed by atoms with E-state index in [9.17, 15) is 9.59 Å². The summed E-state index contributed by atoms with van der Waals surface area (Å²) in [4.78, 5) is 24.1. The van der Waals surface area contributed by atoms with E-state index in [1.807, 2.05) is 31.2 Å². The quantitative estimate of drug-likeness (QED) is 0.216. The Morgan fingerprint density at radius 1 is 0.818 bits per heavy atom. The van der Waals surface area contributed by atoms with Crippen LogP contribution in [0.2, 0.25) is 0 Å². The second kappa shape index (κ2) is 12.0. The van der Waals surface area contributed by atoms with Crippen molar-refractivity contribution < 1.29 is 23.8 Å². The van der Waals surface area contributed by atoms with Crippen molar-refractivity contribution in [3.05, 3.63) is 89.5 Å². The smallest absolute Gasteiger partial charge is 0.343 e. The van der Waals surface area contributed by atoms with Gasteiger partial charge in [0.25, 0.3) is 5.91 Å². The Hall–Kier alpha value is -4.13. The molecule has 3 rings (SSSR count). The monoisotopic (exact) mass is 446 g/mol. The van der Waals surface area contributed by atoms with Crippen LogP contribution in [0.3, 0.4) is 0 Å². The molecule has 0 heterocycles. The summed E-state index contributed by atoms with van der Waals surface area (Å²) in [6.45, 7) is 4.39. The lowest BCUT2D eigenvalue weighted by Gasteiger charge is -2.06. The molecule has 0 aliphatic carbocycles. The molecule has 7 nitrogen and oxygen atoms in total. The van der Waals surface area contributed by atoms with Gasteiger partial charge >= 0.3 is 5.97 Å². The first-order valence-corrected chi connectivity index (χ1v) is 10.7. The summed E-state index contributed by atoms with van der Waals surface area (Å²) in [7, 11) is 0. The highest BCUT2D eigenvalue weighted by Crippen LogP contribution is 2.16. The van der Waals surface area contributed by atoms with Crippen molar-refractivity contribution in [2.24, 2.45) is 5.10 Å². The van der Waals surface area contributed by atoms with Crippen LogP contribution in [0.4, 0.5) is 0 Å². The van der Waals surface area contributed by atoms with Gasteiger partial charge in [0.2, 0.25) is 0 Å². The fourth-order valence-electron chi connectivity index (χ4n) is 2.82. The molecular formula is C26H26N2O5. The summed E-state index contributed by atoms with van der Waals surface area (Å²) in [5, 5.41) is 3.92. The molecule has 0 aromatic heterocycles. The maximum Gasteiger partial charge on any atom is 0.343 e. The number of ether oxygens (including phenoxy) is 3. The van der Waals surface area contributed by atoms with Crippen molar-refractivity contribution in [1.82, 2.24) is 5.43 Å². The average Bonchev–Trinajstić information content (AvgIpc) is 2.85. The van der Waals surface area contributed by atoms with E-state index < -0.39 is 5.97 Å². The first-order chi connectivity index (χ1) is 16.1. The first-order valence-electron chi connectivity index (χ1n) is 10.7. The van der Waals surface area contributed by atoms with Crippen molar-refractivity contribution >= 4 is 18.1 Å². The van der Waals surface area contributed by atoms with Crippen molar-refractivity contribution in [3.63, 3.8) is 0 Å². The van der Waals surface area contributed by atoms with E-state index in [1.165, 1.54) is 11.8 Å². The van der Waals surface area contributed by atoms with Crippen LogP contribution in [0.15, 0.2) is 77.9 Å². The summed E-state index contributed by atoms with van der Waals surface area (Å²) >= 11 is 0. The molecule has 0 saturated carbocycles. The summed E-state index contributed by atoms with van der Waals surface area (Å²) in [5.41, 5.74) is 4.77. The highest BCUT2D eigenvalue weighted by molar-refractivity contribution is 5.91. The lowest BCUT2D eigenvalue weighted by atomic mass is 10.2. The molecule has 0 saturated heterocycles. The maximum absolute atomic E-state index is 12.3. The number of benzene rings is 3. The molecule has 0 bridgehead atoms. The minimum absolute atomic E-state index is 0.136. The largest absolute Gasteiger partial charge is 0.494 e. The number of aryl methyl sites for hydroxylation is 1. The molecular weight excluding hydrogens is 420 g/mol. The minimum atomic E-state index is -0.462. The number of esters is 1. The van der Waals surface area contributed by atoms with Gasteiger partial charge in [0, 0.05) is 0 Å². The molecule has 33 heavy (non-hydrogen) atoms. The molecule has 0 unspecified atom stereocenters. The van der Waals surface area contributed by atoms with Crippen molar-refractivity contribution in [2.45, 2.75) is 20.3 Å². The molecule has 0 atom stereocenters. The van der Waals surface area contributed by atoms with Crippen molar-refractivity contribution in [2.75, 3.05) is 13.2 Å². The van der Waals surface area contributed by atoms with E-state index >= 15 is 0 Å². The normalized spacial score (nSPS) is 10.6. The standard InChI is InChI=1S/C26H26N2O5/c1-3-19-5-11-23(12-6-19)32-18-25(29)28-27-17-20-7-13-24(14-8-20)33-26(30)21-9-15-22(16-10-21)31-4-2/h5-17H,3-4,18H2,1-2H3,(H,28,29)/b27-17-. The average molecular weight is 447 g/mol. The Balaban J connectivity index is 1.44. The van der Waals surface area contributed by atoms with Gasteiger partial charge in [-0.15, -0.1) is 0 Å². The number of hydrogen-bond acceptors (Lipinski definition) is 6. The number of nitrogens with one attached hydrogen (secondary N) is 1. The predicted molar refractivity (Wildman–Crippen MR) is 126 cm³/mol. The number of carbonyl (C=O) groups is 2. The minimum Gasteiger partial charge on any atom is -0.494 e. The SMILES string of the molecule is CCOc1ccc(C(=O)Oc2ccc(/C=N\NC(=O)COc3ccc(CC)cc3)cc2)cc1. The molecule has 0 fully saturated rings. The van der Waals surface area contributed by atoms with Crippen molar-refractivity contribution in [3.8, 4) is 17.2 Å². The van der Waals surface area contributed by atoms with E-state index in [0.29, 0.717) is 29.4 Å². The number of carbonyl (C=O) groups excluding carboxylic acids is 2. The zero-order valence-corrected chi connectivity index (χ0v) is 18.6. The number of rotatable bonds is 10. The number of amides is 1. The fourth-order valence-corrected chi connectivity index (χ4v) is 2.82. The molecule has 7 heteroatoms. The van der Waals surface area contributed by atoms with Crippen LogP contribution in [-0.2, 0) is 11.2 Å². The van der Waals surface area contributed by atoms with Crippen molar-refractivity contribution in [1.29, 1.82) is 0 Å². The third-order valence-electron chi connectivity index (χ3n) is 4.60. The Morgan fingerprint density at radius 3 is 2.06 bits per heavy atom. The summed E-state index contributed by atoms with van der Waals surface area (Å²) in [6, 6.07) is 21.1. The van der Waals surface area contributed by atoms with Crippen LogP contribution in [0.5, 0.6) is 17.2 Å². The second-order valence-electron chi connectivity index (χ2n) is 7.00. The van der Waals surface area contributed by atoms with Gasteiger partial charge in [0.15, 0.2) is 6.61 Å².